The van der Waals surface area contributed by atoms with Crippen molar-refractivity contribution in [3.05, 3.63) is 0 Å². The van der Waals surface area contributed by atoms with Gasteiger partial charge in [-0.2, -0.15) is 0 Å². The Labute approximate surface area is 96.4 Å². The molecule has 0 unspecified atom stereocenters. The van der Waals surface area contributed by atoms with Gasteiger partial charge in [-0.1, -0.05) is 19.3 Å². The molecule has 2 aliphatic rings. The number of carboxylic acids is 1. The van der Waals surface area contributed by atoms with Crippen molar-refractivity contribution < 1.29 is 14.6 Å². The Hall–Kier alpha value is -0.610. The second-order valence-electron chi connectivity index (χ2n) is 4.99. The third-order valence-corrected chi connectivity index (χ3v) is 3.68. The number of aliphatic carboxylic acids is 1. The predicted molar refractivity (Wildman–Crippen MR) is 60.4 cm³/mol. The molecule has 1 aliphatic heterocycles. The lowest BCUT2D eigenvalue weighted by atomic mass is 9.90. The Morgan fingerprint density at radius 1 is 1.31 bits per heavy atom. The zero-order chi connectivity index (χ0) is 11.4. The second kappa shape index (κ2) is 5.64. The quantitative estimate of drug-likeness (QED) is 0.762. The Morgan fingerprint density at radius 3 is 2.69 bits per heavy atom. The second-order valence-corrected chi connectivity index (χ2v) is 4.99. The fourth-order valence-electron chi connectivity index (χ4n) is 2.64. The molecular weight excluding hydrogens is 206 g/mol. The van der Waals surface area contributed by atoms with E-state index in [-0.39, 0.29) is 6.10 Å². The van der Waals surface area contributed by atoms with E-state index in [4.69, 9.17) is 9.84 Å². The van der Waals surface area contributed by atoms with E-state index in [0.717, 1.165) is 6.61 Å². The summed E-state index contributed by atoms with van der Waals surface area (Å²) in [6, 6.07) is -0.406. The Bertz CT molecular complexity index is 238. The smallest absolute Gasteiger partial charge is 0.320 e. The standard InChI is InChI=1S/C12H21NO3/c14-12(15)11-6-10(7-13-11)16-8-9-4-2-1-3-5-9/h9-11,13H,1-8H2,(H,14,15)/t10-,11-/m0/s1. The average Bonchev–Trinajstić information content (AvgIpc) is 2.76. The van der Waals surface area contributed by atoms with E-state index in [1.807, 2.05) is 0 Å². The zero-order valence-corrected chi connectivity index (χ0v) is 9.65. The van der Waals surface area contributed by atoms with Gasteiger partial charge in [-0.15, -0.1) is 0 Å². The summed E-state index contributed by atoms with van der Waals surface area (Å²) in [5.41, 5.74) is 0. The van der Waals surface area contributed by atoms with Crippen LogP contribution in [0.2, 0.25) is 0 Å². The van der Waals surface area contributed by atoms with E-state index in [9.17, 15) is 4.79 Å². The minimum atomic E-state index is -0.760. The molecule has 2 N–H and O–H groups in total. The molecule has 2 atom stereocenters. The molecule has 16 heavy (non-hydrogen) atoms. The first-order valence-electron chi connectivity index (χ1n) is 6.33. The third kappa shape index (κ3) is 3.19. The summed E-state index contributed by atoms with van der Waals surface area (Å²) in [6.45, 7) is 1.50. The van der Waals surface area contributed by atoms with Crippen LogP contribution in [0.3, 0.4) is 0 Å². The molecule has 0 aromatic rings. The molecule has 0 bridgehead atoms. The first-order valence-corrected chi connectivity index (χ1v) is 6.33. The summed E-state index contributed by atoms with van der Waals surface area (Å²) < 4.78 is 5.80. The minimum Gasteiger partial charge on any atom is -0.480 e. The molecule has 2 fully saturated rings. The Balaban J connectivity index is 1.65. The number of carbonyl (C=O) groups is 1. The summed E-state index contributed by atoms with van der Waals surface area (Å²) in [7, 11) is 0. The van der Waals surface area contributed by atoms with Crippen LogP contribution < -0.4 is 5.32 Å². The summed E-state index contributed by atoms with van der Waals surface area (Å²) in [6.07, 6.45) is 7.29. The number of carboxylic acid groups (broad SMARTS) is 1. The number of nitrogens with one attached hydrogen (secondary N) is 1. The van der Waals surface area contributed by atoms with Crippen LogP contribution in [0.25, 0.3) is 0 Å². The Kier molecular flexibility index (Phi) is 4.18. The van der Waals surface area contributed by atoms with E-state index in [0.29, 0.717) is 18.9 Å². The van der Waals surface area contributed by atoms with Crippen LogP contribution in [0, 0.1) is 5.92 Å². The fourth-order valence-corrected chi connectivity index (χ4v) is 2.64. The topological polar surface area (TPSA) is 58.6 Å². The van der Waals surface area contributed by atoms with Gasteiger partial charge in [-0.25, -0.2) is 0 Å². The van der Waals surface area contributed by atoms with Crippen LogP contribution in [0.15, 0.2) is 0 Å². The monoisotopic (exact) mass is 227 g/mol. The first kappa shape index (κ1) is 11.9. The molecule has 4 nitrogen and oxygen atoms in total. The van der Waals surface area contributed by atoms with Crippen LogP contribution >= 0.6 is 0 Å². The third-order valence-electron chi connectivity index (χ3n) is 3.68. The van der Waals surface area contributed by atoms with Crippen molar-refractivity contribution in [2.75, 3.05) is 13.2 Å². The van der Waals surface area contributed by atoms with Crippen molar-refractivity contribution in [1.29, 1.82) is 0 Å². The Morgan fingerprint density at radius 2 is 2.06 bits per heavy atom. The van der Waals surface area contributed by atoms with Crippen LogP contribution in [0.1, 0.15) is 38.5 Å². The lowest BCUT2D eigenvalue weighted by molar-refractivity contribution is -0.139. The van der Waals surface area contributed by atoms with Crippen molar-refractivity contribution in [3.63, 3.8) is 0 Å². The molecule has 1 saturated carbocycles. The van der Waals surface area contributed by atoms with Crippen LogP contribution in [0.5, 0.6) is 0 Å². The van der Waals surface area contributed by atoms with E-state index < -0.39 is 12.0 Å². The summed E-state index contributed by atoms with van der Waals surface area (Å²) in [4.78, 5) is 10.7. The van der Waals surface area contributed by atoms with Crippen molar-refractivity contribution in [2.45, 2.75) is 50.7 Å². The highest BCUT2D eigenvalue weighted by atomic mass is 16.5. The highest BCUT2D eigenvalue weighted by Crippen LogP contribution is 2.24. The van der Waals surface area contributed by atoms with E-state index in [2.05, 4.69) is 5.32 Å². The lowest BCUT2D eigenvalue weighted by Gasteiger charge is -2.23. The molecular formula is C12H21NO3. The highest BCUT2D eigenvalue weighted by Gasteiger charge is 2.30. The predicted octanol–water partition coefficient (Wildman–Crippen LogP) is 1.40. The van der Waals surface area contributed by atoms with Gasteiger partial charge in [0.25, 0.3) is 0 Å². The maximum absolute atomic E-state index is 10.7. The average molecular weight is 227 g/mol. The molecule has 0 amide bonds. The molecule has 0 aromatic carbocycles. The largest absolute Gasteiger partial charge is 0.480 e. The summed E-state index contributed by atoms with van der Waals surface area (Å²) >= 11 is 0. The van der Waals surface area contributed by atoms with Gasteiger partial charge in [-0.05, 0) is 18.8 Å². The highest BCUT2D eigenvalue weighted by molar-refractivity contribution is 5.73. The molecule has 1 saturated heterocycles. The van der Waals surface area contributed by atoms with Gasteiger partial charge in [0.15, 0.2) is 0 Å². The molecule has 0 aromatic heterocycles. The SMILES string of the molecule is O=C(O)[C@@H]1C[C@H](OCC2CCCCC2)CN1. The van der Waals surface area contributed by atoms with Crippen LogP contribution in [-0.2, 0) is 9.53 Å². The van der Waals surface area contributed by atoms with Gasteiger partial charge in [0.05, 0.1) is 6.10 Å². The molecule has 1 heterocycles. The van der Waals surface area contributed by atoms with Crippen molar-refractivity contribution in [1.82, 2.24) is 5.32 Å². The molecule has 1 aliphatic carbocycles. The lowest BCUT2D eigenvalue weighted by Crippen LogP contribution is -2.30. The molecule has 4 heteroatoms. The van der Waals surface area contributed by atoms with Gasteiger partial charge in [0.2, 0.25) is 0 Å². The molecule has 0 radical (unpaired) electrons. The van der Waals surface area contributed by atoms with Gasteiger partial charge in [0, 0.05) is 19.6 Å². The van der Waals surface area contributed by atoms with Crippen molar-refractivity contribution in [2.24, 2.45) is 5.92 Å². The number of hydrogen-bond acceptors (Lipinski definition) is 3. The normalized spacial score (nSPS) is 31.8. The van der Waals surface area contributed by atoms with Crippen LogP contribution in [-0.4, -0.2) is 36.4 Å². The van der Waals surface area contributed by atoms with Gasteiger partial charge < -0.3 is 15.2 Å². The molecule has 0 spiro atoms. The molecule has 92 valence electrons. The summed E-state index contributed by atoms with van der Waals surface area (Å²) in [5, 5.41) is 11.8. The van der Waals surface area contributed by atoms with Gasteiger partial charge in [-0.3, -0.25) is 4.79 Å². The first-order chi connectivity index (χ1) is 7.75. The van der Waals surface area contributed by atoms with Crippen molar-refractivity contribution >= 4 is 5.97 Å². The van der Waals surface area contributed by atoms with E-state index in [1.165, 1.54) is 32.1 Å². The minimum absolute atomic E-state index is 0.100. The molecule has 2 rings (SSSR count). The van der Waals surface area contributed by atoms with Gasteiger partial charge in [0.1, 0.15) is 6.04 Å². The van der Waals surface area contributed by atoms with E-state index >= 15 is 0 Å². The number of ether oxygens (including phenoxy) is 1. The maximum Gasteiger partial charge on any atom is 0.320 e. The van der Waals surface area contributed by atoms with Crippen LogP contribution in [0.4, 0.5) is 0 Å². The van der Waals surface area contributed by atoms with Gasteiger partial charge >= 0.3 is 5.97 Å². The number of hydrogen-bond donors (Lipinski definition) is 2. The van der Waals surface area contributed by atoms with E-state index in [1.54, 1.807) is 0 Å². The zero-order valence-electron chi connectivity index (χ0n) is 9.65. The number of rotatable bonds is 4. The maximum atomic E-state index is 10.7. The summed E-state index contributed by atoms with van der Waals surface area (Å²) in [5.74, 6) is -0.0543. The fraction of sp³-hybridized carbons (Fsp3) is 0.917. The van der Waals surface area contributed by atoms with Crippen molar-refractivity contribution in [3.8, 4) is 0 Å².